The van der Waals surface area contributed by atoms with Gasteiger partial charge in [0.2, 0.25) is 5.91 Å². The number of benzene rings is 2. The summed E-state index contributed by atoms with van der Waals surface area (Å²) in [6, 6.07) is 21.4. The second kappa shape index (κ2) is 13.5. The van der Waals surface area contributed by atoms with Gasteiger partial charge in [0, 0.05) is 18.7 Å². The SMILES string of the molecule is CCCCCc1ccc(C(=O)N(CC(=O)N(Cc2ccccc2)Cc2ccco2)CC(C)C)cc1. The van der Waals surface area contributed by atoms with E-state index in [1.165, 1.54) is 18.4 Å². The number of carbonyl (C=O) groups excluding carboxylic acids is 2. The molecule has 0 aliphatic carbocycles. The molecule has 0 atom stereocenters. The maximum absolute atomic E-state index is 13.5. The summed E-state index contributed by atoms with van der Waals surface area (Å²) < 4.78 is 5.51. The topological polar surface area (TPSA) is 53.8 Å². The van der Waals surface area contributed by atoms with Crippen LogP contribution < -0.4 is 0 Å². The molecule has 2 amide bonds. The van der Waals surface area contributed by atoms with Gasteiger partial charge in [-0.2, -0.15) is 0 Å². The van der Waals surface area contributed by atoms with Gasteiger partial charge in [0.25, 0.3) is 5.91 Å². The Morgan fingerprint density at radius 1 is 0.829 bits per heavy atom. The fourth-order valence-corrected chi connectivity index (χ4v) is 4.13. The first-order valence-corrected chi connectivity index (χ1v) is 12.7. The number of hydrogen-bond acceptors (Lipinski definition) is 3. The zero-order valence-electron chi connectivity index (χ0n) is 21.3. The van der Waals surface area contributed by atoms with Crippen LogP contribution in [-0.4, -0.2) is 34.7 Å². The molecule has 0 saturated heterocycles. The summed E-state index contributed by atoms with van der Waals surface area (Å²) in [6.07, 6.45) is 6.20. The van der Waals surface area contributed by atoms with Crippen LogP contribution in [0.4, 0.5) is 0 Å². The molecule has 0 radical (unpaired) electrons. The van der Waals surface area contributed by atoms with E-state index in [1.807, 2.05) is 66.7 Å². The molecule has 3 aromatic rings. The normalized spacial score (nSPS) is 11.0. The van der Waals surface area contributed by atoms with Crippen LogP contribution in [0.1, 0.15) is 67.3 Å². The van der Waals surface area contributed by atoms with E-state index in [4.69, 9.17) is 4.42 Å². The van der Waals surface area contributed by atoms with Crippen LogP contribution >= 0.6 is 0 Å². The summed E-state index contributed by atoms with van der Waals surface area (Å²) in [5.74, 6) is 0.752. The molecule has 5 heteroatoms. The number of unbranched alkanes of at least 4 members (excludes halogenated alkanes) is 2. The first-order chi connectivity index (χ1) is 17.0. The van der Waals surface area contributed by atoms with Gasteiger partial charge in [-0.3, -0.25) is 9.59 Å². The van der Waals surface area contributed by atoms with E-state index in [0.717, 1.165) is 24.2 Å². The summed E-state index contributed by atoms with van der Waals surface area (Å²) in [7, 11) is 0. The number of hydrogen-bond donors (Lipinski definition) is 0. The van der Waals surface area contributed by atoms with Crippen molar-refractivity contribution >= 4 is 11.8 Å². The number of carbonyl (C=O) groups is 2. The third-order valence-electron chi connectivity index (χ3n) is 5.96. The van der Waals surface area contributed by atoms with Gasteiger partial charge in [0.1, 0.15) is 12.3 Å². The first-order valence-electron chi connectivity index (χ1n) is 12.7. The van der Waals surface area contributed by atoms with E-state index in [1.54, 1.807) is 16.1 Å². The van der Waals surface area contributed by atoms with Crippen molar-refractivity contribution in [1.82, 2.24) is 9.80 Å². The standard InChI is InChI=1S/C30H38N2O3/c1-4-5-7-11-25-15-17-27(18-16-25)30(34)32(20-24(2)3)23-29(33)31(22-28-14-10-19-35-28)21-26-12-8-6-9-13-26/h6,8-10,12-19,24H,4-5,7,11,20-23H2,1-3H3. The van der Waals surface area contributed by atoms with Crippen LogP contribution in [0.2, 0.25) is 0 Å². The molecule has 3 rings (SSSR count). The Hall–Kier alpha value is -3.34. The van der Waals surface area contributed by atoms with Crippen LogP contribution in [0.15, 0.2) is 77.4 Å². The van der Waals surface area contributed by atoms with Crippen molar-refractivity contribution in [2.45, 2.75) is 59.5 Å². The molecule has 1 heterocycles. The number of rotatable bonds is 13. The average molecular weight is 475 g/mol. The Kier molecular flexibility index (Phi) is 10.1. The van der Waals surface area contributed by atoms with Crippen LogP contribution in [0.5, 0.6) is 0 Å². The summed E-state index contributed by atoms with van der Waals surface area (Å²) in [5, 5.41) is 0. The predicted octanol–water partition coefficient (Wildman–Crippen LogP) is 6.34. The van der Waals surface area contributed by atoms with Crippen LogP contribution in [0, 0.1) is 5.92 Å². The molecule has 0 aliphatic heterocycles. The summed E-state index contributed by atoms with van der Waals surface area (Å²) in [6.45, 7) is 7.68. The maximum Gasteiger partial charge on any atom is 0.254 e. The number of nitrogens with zero attached hydrogens (tertiary/aromatic N) is 2. The molecule has 0 fully saturated rings. The smallest absolute Gasteiger partial charge is 0.254 e. The van der Waals surface area contributed by atoms with Crippen molar-refractivity contribution in [3.63, 3.8) is 0 Å². The Bertz CT molecular complexity index is 1030. The van der Waals surface area contributed by atoms with E-state index in [9.17, 15) is 9.59 Å². The van der Waals surface area contributed by atoms with Gasteiger partial charge < -0.3 is 14.2 Å². The highest BCUT2D eigenvalue weighted by atomic mass is 16.3. The first kappa shape index (κ1) is 26.3. The summed E-state index contributed by atoms with van der Waals surface area (Å²) in [4.78, 5) is 30.4. The highest BCUT2D eigenvalue weighted by molar-refractivity contribution is 5.96. The lowest BCUT2D eigenvalue weighted by Gasteiger charge is -2.28. The van der Waals surface area contributed by atoms with Gasteiger partial charge in [0.15, 0.2) is 0 Å². The van der Waals surface area contributed by atoms with Crippen LogP contribution in [0.25, 0.3) is 0 Å². The summed E-state index contributed by atoms with van der Waals surface area (Å²) in [5.41, 5.74) is 2.90. The van der Waals surface area contributed by atoms with E-state index < -0.39 is 0 Å². The molecular weight excluding hydrogens is 436 g/mol. The molecule has 0 saturated carbocycles. The monoisotopic (exact) mass is 474 g/mol. The average Bonchev–Trinajstić information content (AvgIpc) is 3.37. The molecule has 5 nitrogen and oxygen atoms in total. The van der Waals surface area contributed by atoms with Crippen molar-refractivity contribution in [2.75, 3.05) is 13.1 Å². The molecule has 0 unspecified atom stereocenters. The third-order valence-corrected chi connectivity index (χ3v) is 5.96. The van der Waals surface area contributed by atoms with Gasteiger partial charge in [-0.05, 0) is 54.2 Å². The lowest BCUT2D eigenvalue weighted by molar-refractivity contribution is -0.133. The zero-order chi connectivity index (χ0) is 25.0. The Morgan fingerprint density at radius 2 is 1.57 bits per heavy atom. The number of aryl methyl sites for hydroxylation is 1. The molecule has 186 valence electrons. The predicted molar refractivity (Wildman–Crippen MR) is 140 cm³/mol. The second-order valence-electron chi connectivity index (χ2n) is 9.55. The minimum atomic E-state index is -0.107. The molecule has 2 aromatic carbocycles. The highest BCUT2D eigenvalue weighted by Crippen LogP contribution is 2.15. The second-order valence-corrected chi connectivity index (χ2v) is 9.55. The Labute approximate surface area is 209 Å². The summed E-state index contributed by atoms with van der Waals surface area (Å²) >= 11 is 0. The molecule has 35 heavy (non-hydrogen) atoms. The molecule has 0 N–H and O–H groups in total. The van der Waals surface area contributed by atoms with Crippen molar-refractivity contribution < 1.29 is 14.0 Å². The lowest BCUT2D eigenvalue weighted by Crippen LogP contribution is -2.43. The van der Waals surface area contributed by atoms with Gasteiger partial charge in [-0.25, -0.2) is 0 Å². The fourth-order valence-electron chi connectivity index (χ4n) is 4.13. The molecule has 0 bridgehead atoms. The van der Waals surface area contributed by atoms with Crippen LogP contribution in [-0.2, 0) is 24.3 Å². The zero-order valence-corrected chi connectivity index (χ0v) is 21.3. The third kappa shape index (κ3) is 8.43. The lowest BCUT2D eigenvalue weighted by atomic mass is 10.0. The van der Waals surface area contributed by atoms with E-state index in [0.29, 0.717) is 25.2 Å². The van der Waals surface area contributed by atoms with Crippen LogP contribution in [0.3, 0.4) is 0 Å². The van der Waals surface area contributed by atoms with Crippen molar-refractivity contribution in [3.05, 3.63) is 95.4 Å². The Morgan fingerprint density at radius 3 is 2.20 bits per heavy atom. The van der Waals surface area contributed by atoms with E-state index in [2.05, 4.69) is 20.8 Å². The minimum absolute atomic E-state index is 0.0306. The molecular formula is C30H38N2O3. The fraction of sp³-hybridized carbons (Fsp3) is 0.400. The molecule has 0 spiro atoms. The van der Waals surface area contributed by atoms with Crippen molar-refractivity contribution in [2.24, 2.45) is 5.92 Å². The van der Waals surface area contributed by atoms with E-state index in [-0.39, 0.29) is 24.3 Å². The minimum Gasteiger partial charge on any atom is -0.467 e. The molecule has 1 aromatic heterocycles. The van der Waals surface area contributed by atoms with Crippen molar-refractivity contribution in [1.29, 1.82) is 0 Å². The molecule has 0 aliphatic rings. The van der Waals surface area contributed by atoms with Crippen molar-refractivity contribution in [3.8, 4) is 0 Å². The highest BCUT2D eigenvalue weighted by Gasteiger charge is 2.24. The number of furan rings is 1. The van der Waals surface area contributed by atoms with E-state index >= 15 is 0 Å². The maximum atomic E-state index is 13.5. The van der Waals surface area contributed by atoms with Gasteiger partial charge in [-0.1, -0.05) is 76.1 Å². The largest absolute Gasteiger partial charge is 0.467 e. The van der Waals surface area contributed by atoms with Gasteiger partial charge in [0.05, 0.1) is 12.8 Å². The number of amides is 2. The van der Waals surface area contributed by atoms with Gasteiger partial charge in [-0.15, -0.1) is 0 Å². The van der Waals surface area contributed by atoms with Gasteiger partial charge >= 0.3 is 0 Å². The Balaban J connectivity index is 1.74. The quantitative estimate of drug-likeness (QED) is 0.272.